The van der Waals surface area contributed by atoms with Crippen molar-refractivity contribution in [2.75, 3.05) is 13.2 Å². The summed E-state index contributed by atoms with van der Waals surface area (Å²) < 4.78 is 5.72. The van der Waals surface area contributed by atoms with Crippen molar-refractivity contribution in [1.29, 1.82) is 0 Å². The van der Waals surface area contributed by atoms with E-state index in [1.54, 1.807) is 24.3 Å². The van der Waals surface area contributed by atoms with Gasteiger partial charge in [-0.15, -0.1) is 0 Å². The van der Waals surface area contributed by atoms with Gasteiger partial charge in [0.05, 0.1) is 23.8 Å². The van der Waals surface area contributed by atoms with Gasteiger partial charge in [-0.3, -0.25) is 14.5 Å². The van der Waals surface area contributed by atoms with Crippen LogP contribution in [0.2, 0.25) is 0 Å². The van der Waals surface area contributed by atoms with Crippen molar-refractivity contribution in [3.63, 3.8) is 0 Å². The van der Waals surface area contributed by atoms with Crippen LogP contribution in [-0.2, 0) is 4.74 Å². The quantitative estimate of drug-likeness (QED) is 0.778. The third-order valence-corrected chi connectivity index (χ3v) is 4.18. The Hall–Kier alpha value is -1.68. The number of hydrogen-bond acceptors (Lipinski definition) is 3. The van der Waals surface area contributed by atoms with E-state index in [2.05, 4.69) is 13.8 Å². The van der Waals surface area contributed by atoms with E-state index in [-0.39, 0.29) is 23.3 Å². The normalized spacial score (nSPS) is 24.9. The number of ether oxygens (including phenoxy) is 1. The van der Waals surface area contributed by atoms with E-state index in [0.717, 1.165) is 12.8 Å². The molecule has 1 unspecified atom stereocenters. The van der Waals surface area contributed by atoms with E-state index in [1.165, 1.54) is 4.90 Å². The van der Waals surface area contributed by atoms with Crippen LogP contribution in [0.3, 0.4) is 0 Å². The van der Waals surface area contributed by atoms with Crippen molar-refractivity contribution in [3.05, 3.63) is 35.4 Å². The minimum absolute atomic E-state index is 0.0547. The van der Waals surface area contributed by atoms with E-state index in [0.29, 0.717) is 24.3 Å². The van der Waals surface area contributed by atoms with E-state index in [1.807, 2.05) is 0 Å². The van der Waals surface area contributed by atoms with Gasteiger partial charge in [0, 0.05) is 6.61 Å². The predicted molar refractivity (Wildman–Crippen MR) is 74.6 cm³/mol. The van der Waals surface area contributed by atoms with Gasteiger partial charge in [-0.25, -0.2) is 0 Å². The number of rotatable bonds is 2. The molecule has 1 atom stereocenters. The van der Waals surface area contributed by atoms with Crippen molar-refractivity contribution in [1.82, 2.24) is 4.90 Å². The number of benzene rings is 1. The maximum Gasteiger partial charge on any atom is 0.261 e. The Morgan fingerprint density at radius 2 is 1.80 bits per heavy atom. The van der Waals surface area contributed by atoms with Gasteiger partial charge in [-0.05, 0) is 30.4 Å². The summed E-state index contributed by atoms with van der Waals surface area (Å²) in [6.45, 7) is 5.45. The molecule has 0 saturated carbocycles. The maximum atomic E-state index is 12.3. The molecular weight excluding hydrogens is 254 g/mol. The topological polar surface area (TPSA) is 46.6 Å². The number of carbonyl (C=O) groups is 2. The van der Waals surface area contributed by atoms with Crippen LogP contribution in [0.4, 0.5) is 0 Å². The smallest absolute Gasteiger partial charge is 0.261 e. The molecular formula is C16H19NO3. The molecule has 1 fully saturated rings. The Labute approximate surface area is 118 Å². The minimum Gasteiger partial charge on any atom is -0.376 e. The number of imide groups is 1. The predicted octanol–water partition coefficient (Wildman–Crippen LogP) is 2.49. The first-order chi connectivity index (χ1) is 9.48. The average molecular weight is 273 g/mol. The second-order valence-electron chi connectivity index (χ2n) is 6.38. The number of fused-ring (bicyclic) bond motifs is 1. The second-order valence-corrected chi connectivity index (χ2v) is 6.38. The zero-order valence-electron chi connectivity index (χ0n) is 11.9. The summed E-state index contributed by atoms with van der Waals surface area (Å²) in [5.74, 6) is -0.393. The third kappa shape index (κ3) is 2.24. The van der Waals surface area contributed by atoms with Crippen molar-refractivity contribution >= 4 is 11.8 Å². The third-order valence-electron chi connectivity index (χ3n) is 4.18. The summed E-state index contributed by atoms with van der Waals surface area (Å²) in [5, 5.41) is 0. The first-order valence-electron chi connectivity index (χ1n) is 7.05. The molecule has 0 spiro atoms. The lowest BCUT2D eigenvalue weighted by Gasteiger charge is -2.36. The zero-order valence-corrected chi connectivity index (χ0v) is 11.9. The molecule has 0 bridgehead atoms. The first-order valence-corrected chi connectivity index (χ1v) is 7.05. The Balaban J connectivity index is 1.77. The fraction of sp³-hybridized carbons (Fsp3) is 0.500. The molecule has 2 aliphatic heterocycles. The first kappa shape index (κ1) is 13.3. The molecule has 106 valence electrons. The van der Waals surface area contributed by atoms with Crippen molar-refractivity contribution in [2.45, 2.75) is 32.8 Å². The van der Waals surface area contributed by atoms with E-state index in [9.17, 15) is 9.59 Å². The molecule has 2 aliphatic rings. The van der Waals surface area contributed by atoms with Crippen molar-refractivity contribution < 1.29 is 14.3 Å². The highest BCUT2D eigenvalue weighted by Gasteiger charge is 2.38. The fourth-order valence-corrected chi connectivity index (χ4v) is 3.01. The van der Waals surface area contributed by atoms with Crippen molar-refractivity contribution in [3.8, 4) is 0 Å². The van der Waals surface area contributed by atoms with Crippen LogP contribution in [0.1, 0.15) is 47.4 Å². The van der Waals surface area contributed by atoms with Gasteiger partial charge in [0.2, 0.25) is 0 Å². The Bertz CT molecular complexity index is 530. The molecule has 1 saturated heterocycles. The van der Waals surface area contributed by atoms with E-state index >= 15 is 0 Å². The summed E-state index contributed by atoms with van der Waals surface area (Å²) in [7, 11) is 0. The second kappa shape index (κ2) is 4.70. The molecule has 2 amide bonds. The number of carbonyl (C=O) groups excluding carboxylic acids is 2. The summed E-state index contributed by atoms with van der Waals surface area (Å²) in [6, 6.07) is 6.99. The molecule has 2 heterocycles. The van der Waals surface area contributed by atoms with Crippen LogP contribution in [-0.4, -0.2) is 36.0 Å². The summed E-state index contributed by atoms with van der Waals surface area (Å²) >= 11 is 0. The molecule has 0 aliphatic carbocycles. The van der Waals surface area contributed by atoms with Gasteiger partial charge >= 0.3 is 0 Å². The number of nitrogens with zero attached hydrogens (tertiary/aromatic N) is 1. The highest BCUT2D eigenvalue weighted by atomic mass is 16.5. The Morgan fingerprint density at radius 3 is 2.35 bits per heavy atom. The lowest BCUT2D eigenvalue weighted by Crippen LogP contribution is -2.42. The monoisotopic (exact) mass is 273 g/mol. The summed E-state index contributed by atoms with van der Waals surface area (Å²) in [6.07, 6.45) is 1.84. The molecule has 0 radical (unpaired) electrons. The van der Waals surface area contributed by atoms with E-state index < -0.39 is 0 Å². The van der Waals surface area contributed by atoms with Crippen LogP contribution in [0, 0.1) is 5.41 Å². The largest absolute Gasteiger partial charge is 0.376 e. The summed E-state index contributed by atoms with van der Waals surface area (Å²) in [5.41, 5.74) is 1.22. The highest BCUT2D eigenvalue weighted by molar-refractivity contribution is 6.21. The van der Waals surface area contributed by atoms with Crippen LogP contribution in [0.5, 0.6) is 0 Å². The average Bonchev–Trinajstić information content (AvgIpc) is 2.64. The lowest BCUT2D eigenvalue weighted by atomic mass is 9.82. The van der Waals surface area contributed by atoms with Crippen LogP contribution < -0.4 is 0 Å². The SMILES string of the molecule is CC1(C)CCOC(CN2C(=O)c3ccccc3C2=O)C1. The summed E-state index contributed by atoms with van der Waals surface area (Å²) in [4.78, 5) is 25.9. The van der Waals surface area contributed by atoms with Gasteiger partial charge in [-0.2, -0.15) is 0 Å². The maximum absolute atomic E-state index is 12.3. The van der Waals surface area contributed by atoms with Gasteiger partial charge < -0.3 is 4.74 Å². The van der Waals surface area contributed by atoms with Crippen LogP contribution in [0.15, 0.2) is 24.3 Å². The molecule has 1 aromatic carbocycles. The molecule has 3 rings (SSSR count). The van der Waals surface area contributed by atoms with E-state index in [4.69, 9.17) is 4.74 Å². The van der Waals surface area contributed by atoms with Crippen molar-refractivity contribution in [2.24, 2.45) is 5.41 Å². The Kier molecular flexibility index (Phi) is 3.13. The van der Waals surface area contributed by atoms with Gasteiger partial charge in [0.1, 0.15) is 0 Å². The van der Waals surface area contributed by atoms with Gasteiger partial charge in [0.25, 0.3) is 11.8 Å². The fourth-order valence-electron chi connectivity index (χ4n) is 3.01. The molecule has 0 aromatic heterocycles. The van der Waals surface area contributed by atoms with Crippen LogP contribution >= 0.6 is 0 Å². The molecule has 20 heavy (non-hydrogen) atoms. The standard InChI is InChI=1S/C16H19NO3/c1-16(2)7-8-20-11(9-16)10-17-14(18)12-5-3-4-6-13(12)15(17)19/h3-6,11H,7-10H2,1-2H3. The lowest BCUT2D eigenvalue weighted by molar-refractivity contribution is -0.0444. The van der Waals surface area contributed by atoms with Gasteiger partial charge in [0.15, 0.2) is 0 Å². The molecule has 4 heteroatoms. The molecule has 4 nitrogen and oxygen atoms in total. The highest BCUT2D eigenvalue weighted by Crippen LogP contribution is 2.33. The number of hydrogen-bond donors (Lipinski definition) is 0. The van der Waals surface area contributed by atoms with Gasteiger partial charge in [-0.1, -0.05) is 26.0 Å². The minimum atomic E-state index is -0.197. The molecule has 0 N–H and O–H groups in total. The zero-order chi connectivity index (χ0) is 14.3. The Morgan fingerprint density at radius 1 is 1.20 bits per heavy atom. The number of amides is 2. The molecule has 1 aromatic rings. The van der Waals surface area contributed by atoms with Crippen LogP contribution in [0.25, 0.3) is 0 Å².